The van der Waals surface area contributed by atoms with E-state index in [1.165, 1.54) is 4.91 Å². The van der Waals surface area contributed by atoms with Crippen molar-refractivity contribution in [3.63, 3.8) is 0 Å². The Morgan fingerprint density at radius 2 is 2.30 bits per heavy atom. The van der Waals surface area contributed by atoms with Crippen LogP contribution in [0.15, 0.2) is 35.8 Å². The summed E-state index contributed by atoms with van der Waals surface area (Å²) in [5, 5.41) is 0. The molecule has 0 atom stereocenters. The predicted molar refractivity (Wildman–Crippen MR) is 51.2 cm³/mol. The molecule has 56 valence electrons. The summed E-state index contributed by atoms with van der Waals surface area (Å²) >= 11 is 1.76. The highest BCUT2D eigenvalue weighted by atomic mass is 32.2. The predicted octanol–water partition coefficient (Wildman–Crippen LogP) is 3.39. The van der Waals surface area contributed by atoms with Gasteiger partial charge < -0.3 is 0 Å². The molecule has 0 amide bonds. The minimum absolute atomic E-state index is 1.09. The van der Waals surface area contributed by atoms with Gasteiger partial charge in [0.2, 0.25) is 0 Å². The molecule has 0 rings (SSSR count). The summed E-state index contributed by atoms with van der Waals surface area (Å²) in [7, 11) is 0. The highest BCUT2D eigenvalue weighted by Crippen LogP contribution is 2.13. The van der Waals surface area contributed by atoms with Gasteiger partial charge in [0.25, 0.3) is 0 Å². The summed E-state index contributed by atoms with van der Waals surface area (Å²) in [5.41, 5.74) is 0. The number of rotatable bonds is 4. The van der Waals surface area contributed by atoms with Crippen molar-refractivity contribution < 1.29 is 0 Å². The molecule has 1 heteroatoms. The lowest BCUT2D eigenvalue weighted by Crippen LogP contribution is -1.66. The quantitative estimate of drug-likeness (QED) is 0.559. The van der Waals surface area contributed by atoms with Gasteiger partial charge in [-0.3, -0.25) is 0 Å². The van der Waals surface area contributed by atoms with E-state index in [9.17, 15) is 0 Å². The summed E-state index contributed by atoms with van der Waals surface area (Å²) in [6.45, 7) is 5.74. The zero-order chi connectivity index (χ0) is 7.82. The number of hydrogen-bond donors (Lipinski definition) is 0. The Balaban J connectivity index is 3.94. The molecule has 10 heavy (non-hydrogen) atoms. The van der Waals surface area contributed by atoms with E-state index in [1.807, 2.05) is 6.08 Å². The van der Waals surface area contributed by atoms with Crippen molar-refractivity contribution >= 4 is 11.8 Å². The van der Waals surface area contributed by atoms with Gasteiger partial charge in [-0.15, -0.1) is 11.8 Å². The minimum Gasteiger partial charge on any atom is -0.130 e. The Labute approximate surface area is 67.7 Å². The average Bonchev–Trinajstić information content (AvgIpc) is 1.98. The molecule has 0 spiro atoms. The van der Waals surface area contributed by atoms with Gasteiger partial charge in [0.1, 0.15) is 0 Å². The maximum atomic E-state index is 3.60. The van der Waals surface area contributed by atoms with Crippen LogP contribution in [0, 0.1) is 0 Å². The van der Waals surface area contributed by atoms with Crippen LogP contribution in [0.4, 0.5) is 0 Å². The summed E-state index contributed by atoms with van der Waals surface area (Å²) in [6.07, 6.45) is 11.2. The molecular weight excluding hydrogens is 140 g/mol. The second-order valence-corrected chi connectivity index (χ2v) is 2.69. The smallest absolute Gasteiger partial charge is 0.00290 e. The maximum absolute atomic E-state index is 3.60. The van der Waals surface area contributed by atoms with Gasteiger partial charge in [0.15, 0.2) is 0 Å². The largest absolute Gasteiger partial charge is 0.130 e. The third kappa shape index (κ3) is 4.45. The van der Waals surface area contributed by atoms with E-state index in [-0.39, 0.29) is 0 Å². The Bertz CT molecular complexity index is 140. The van der Waals surface area contributed by atoms with Crippen LogP contribution in [-0.4, -0.2) is 6.26 Å². The first-order valence-corrected chi connectivity index (χ1v) is 4.60. The van der Waals surface area contributed by atoms with E-state index in [0.29, 0.717) is 0 Å². The minimum atomic E-state index is 1.09. The normalized spacial score (nSPS) is 12.4. The molecule has 0 aromatic carbocycles. The molecule has 0 aliphatic heterocycles. The fourth-order valence-corrected chi connectivity index (χ4v) is 1.13. The zero-order valence-corrected chi connectivity index (χ0v) is 7.45. The van der Waals surface area contributed by atoms with Crippen molar-refractivity contribution in [1.82, 2.24) is 0 Å². The van der Waals surface area contributed by atoms with Crippen molar-refractivity contribution in [2.24, 2.45) is 0 Å². The topological polar surface area (TPSA) is 0 Å². The molecule has 0 aliphatic carbocycles. The molecule has 0 aromatic heterocycles. The van der Waals surface area contributed by atoms with Crippen molar-refractivity contribution in [2.75, 3.05) is 6.26 Å². The molecular formula is C9H14S. The van der Waals surface area contributed by atoms with Crippen LogP contribution in [0.1, 0.15) is 13.3 Å². The van der Waals surface area contributed by atoms with Gasteiger partial charge in [-0.1, -0.05) is 31.7 Å². The molecule has 0 bridgehead atoms. The molecule has 0 nitrogen and oxygen atoms in total. The van der Waals surface area contributed by atoms with Gasteiger partial charge in [-0.25, -0.2) is 0 Å². The van der Waals surface area contributed by atoms with E-state index in [2.05, 4.69) is 31.9 Å². The third-order valence-corrected chi connectivity index (χ3v) is 1.81. The van der Waals surface area contributed by atoms with Crippen LogP contribution >= 0.6 is 11.8 Å². The summed E-state index contributed by atoms with van der Waals surface area (Å²) < 4.78 is 0. The fraction of sp³-hybridized carbons (Fsp3) is 0.333. The maximum Gasteiger partial charge on any atom is 0.00290 e. The Morgan fingerprint density at radius 1 is 1.60 bits per heavy atom. The monoisotopic (exact) mass is 154 g/mol. The van der Waals surface area contributed by atoms with Crippen LogP contribution in [0.5, 0.6) is 0 Å². The van der Waals surface area contributed by atoms with Gasteiger partial charge in [0, 0.05) is 4.91 Å². The summed E-state index contributed by atoms with van der Waals surface area (Å²) in [6, 6.07) is 0. The van der Waals surface area contributed by atoms with E-state index < -0.39 is 0 Å². The van der Waals surface area contributed by atoms with E-state index >= 15 is 0 Å². The Kier molecular flexibility index (Phi) is 6.40. The van der Waals surface area contributed by atoms with Crippen LogP contribution in [0.3, 0.4) is 0 Å². The number of thioether (sulfide) groups is 1. The first-order valence-electron chi connectivity index (χ1n) is 3.38. The van der Waals surface area contributed by atoms with Gasteiger partial charge in [0.05, 0.1) is 0 Å². The highest BCUT2D eigenvalue weighted by molar-refractivity contribution is 8.02. The van der Waals surface area contributed by atoms with Crippen molar-refractivity contribution in [1.29, 1.82) is 0 Å². The second-order valence-electron chi connectivity index (χ2n) is 1.81. The molecule has 0 aromatic rings. The lowest BCUT2D eigenvalue weighted by Gasteiger charge is -1.92. The van der Waals surface area contributed by atoms with Crippen molar-refractivity contribution in [2.45, 2.75) is 13.3 Å². The summed E-state index contributed by atoms with van der Waals surface area (Å²) in [4.78, 5) is 1.31. The third-order valence-electron chi connectivity index (χ3n) is 1.04. The van der Waals surface area contributed by atoms with Crippen molar-refractivity contribution in [3.05, 3.63) is 35.8 Å². The fourth-order valence-electron chi connectivity index (χ4n) is 0.583. The lowest BCUT2D eigenvalue weighted by molar-refractivity contribution is 1.22. The van der Waals surface area contributed by atoms with Crippen LogP contribution in [0.25, 0.3) is 0 Å². The molecule has 0 radical (unpaired) electrons. The van der Waals surface area contributed by atoms with Crippen molar-refractivity contribution in [3.8, 4) is 0 Å². The lowest BCUT2D eigenvalue weighted by atomic mass is 10.4. The molecule has 0 aliphatic rings. The first kappa shape index (κ1) is 9.57. The van der Waals surface area contributed by atoms with Gasteiger partial charge in [-0.2, -0.15) is 0 Å². The molecule has 0 unspecified atom stereocenters. The molecule has 0 saturated carbocycles. The molecule has 0 heterocycles. The number of hydrogen-bond acceptors (Lipinski definition) is 1. The second kappa shape index (κ2) is 6.69. The zero-order valence-electron chi connectivity index (χ0n) is 6.63. The molecule has 0 fully saturated rings. The molecule has 0 saturated heterocycles. The van der Waals surface area contributed by atoms with Crippen LogP contribution in [-0.2, 0) is 0 Å². The first-order chi connectivity index (χ1) is 4.85. The van der Waals surface area contributed by atoms with Crippen LogP contribution in [0.2, 0.25) is 0 Å². The Hall–Kier alpha value is -0.430. The van der Waals surface area contributed by atoms with Gasteiger partial charge in [-0.05, 0) is 18.8 Å². The highest BCUT2D eigenvalue weighted by Gasteiger charge is 1.83. The van der Waals surface area contributed by atoms with E-state index in [1.54, 1.807) is 17.8 Å². The van der Waals surface area contributed by atoms with E-state index in [4.69, 9.17) is 0 Å². The standard InChI is InChI=1S/C9H14S/c1-4-6-8-9(10-3)7-5-2/h4,6-8H,1,5H2,2-3H3/b8-6-,9-7+. The van der Waals surface area contributed by atoms with E-state index in [0.717, 1.165) is 6.42 Å². The van der Waals surface area contributed by atoms with Crippen LogP contribution < -0.4 is 0 Å². The molecule has 0 N–H and O–H groups in total. The SMILES string of the molecule is C=C/C=C\C(=C/CC)SC. The Morgan fingerprint density at radius 3 is 2.70 bits per heavy atom. The summed E-state index contributed by atoms with van der Waals surface area (Å²) in [5.74, 6) is 0. The van der Waals surface area contributed by atoms with Gasteiger partial charge >= 0.3 is 0 Å². The average molecular weight is 154 g/mol. The number of allylic oxidation sites excluding steroid dienone is 4.